The standard InChI is InChI=1S/C23H30FN5O3S/c1-15-12-29(13-16(2)32-15)20-6-5-17(10-19(20)24)11-26-23(31)28-8-3-4-18(14-28)21(30)27-22-25-7-9-33-22/h5-7,9-10,15-16,18H,3-4,8,11-14H2,1-2H3,(H,26,31)(H,25,27,30). The molecule has 2 aliphatic rings. The number of ether oxygens (including phenoxy) is 1. The van der Waals surface area contributed by atoms with Gasteiger partial charge < -0.3 is 25.2 Å². The fraction of sp³-hybridized carbons (Fsp3) is 0.522. The van der Waals surface area contributed by atoms with Gasteiger partial charge in [-0.1, -0.05) is 6.07 Å². The van der Waals surface area contributed by atoms with Crippen molar-refractivity contribution in [1.29, 1.82) is 0 Å². The number of anilines is 2. The number of carbonyl (C=O) groups excluding carboxylic acids is 2. The van der Waals surface area contributed by atoms with E-state index in [2.05, 4.69) is 15.6 Å². The van der Waals surface area contributed by atoms with Crippen molar-refractivity contribution in [2.45, 2.75) is 45.4 Å². The van der Waals surface area contributed by atoms with Crippen LogP contribution in [0.4, 0.5) is 20.0 Å². The zero-order valence-corrected chi connectivity index (χ0v) is 19.7. The third-order valence-electron chi connectivity index (χ3n) is 5.96. The van der Waals surface area contributed by atoms with E-state index in [0.29, 0.717) is 42.6 Å². The van der Waals surface area contributed by atoms with E-state index in [4.69, 9.17) is 4.74 Å². The molecule has 0 radical (unpaired) electrons. The number of piperidine rings is 1. The van der Waals surface area contributed by atoms with Gasteiger partial charge in [-0.3, -0.25) is 4.79 Å². The summed E-state index contributed by atoms with van der Waals surface area (Å²) in [6, 6.07) is 4.83. The lowest BCUT2D eigenvalue weighted by Crippen LogP contribution is -2.47. The van der Waals surface area contributed by atoms with E-state index in [9.17, 15) is 14.0 Å². The van der Waals surface area contributed by atoms with Gasteiger partial charge in [0.15, 0.2) is 5.13 Å². The number of nitrogens with one attached hydrogen (secondary N) is 2. The Hall–Kier alpha value is -2.72. The van der Waals surface area contributed by atoms with E-state index >= 15 is 0 Å². The molecule has 8 nitrogen and oxygen atoms in total. The van der Waals surface area contributed by atoms with Crippen LogP contribution in [0.3, 0.4) is 0 Å². The van der Waals surface area contributed by atoms with E-state index in [-0.39, 0.29) is 42.4 Å². The Morgan fingerprint density at radius 2 is 2.03 bits per heavy atom. The number of rotatable bonds is 5. The Bertz CT molecular complexity index is 963. The van der Waals surface area contributed by atoms with Crippen LogP contribution in [0.1, 0.15) is 32.3 Å². The number of thiazole rings is 1. The van der Waals surface area contributed by atoms with Crippen molar-refractivity contribution in [1.82, 2.24) is 15.2 Å². The molecular formula is C23H30FN5O3S. The van der Waals surface area contributed by atoms with Crippen LogP contribution in [0, 0.1) is 11.7 Å². The maximum absolute atomic E-state index is 14.8. The third-order valence-corrected chi connectivity index (χ3v) is 6.65. The zero-order valence-electron chi connectivity index (χ0n) is 18.9. The molecule has 3 amide bonds. The van der Waals surface area contributed by atoms with E-state index in [1.807, 2.05) is 24.8 Å². The number of amides is 3. The Labute approximate surface area is 197 Å². The smallest absolute Gasteiger partial charge is 0.317 e. The summed E-state index contributed by atoms with van der Waals surface area (Å²) in [4.78, 5) is 32.9. The molecule has 2 aliphatic heterocycles. The summed E-state index contributed by atoms with van der Waals surface area (Å²) in [5.74, 6) is -0.699. The highest BCUT2D eigenvalue weighted by Crippen LogP contribution is 2.25. The second-order valence-corrected chi connectivity index (χ2v) is 9.61. The number of nitrogens with zero attached hydrogens (tertiary/aromatic N) is 3. The van der Waals surface area contributed by atoms with Gasteiger partial charge in [-0.25, -0.2) is 14.2 Å². The summed E-state index contributed by atoms with van der Waals surface area (Å²) in [6.45, 7) is 6.42. The van der Waals surface area contributed by atoms with Crippen LogP contribution < -0.4 is 15.5 Å². The van der Waals surface area contributed by atoms with Gasteiger partial charge in [0.1, 0.15) is 5.82 Å². The van der Waals surface area contributed by atoms with Crippen molar-refractivity contribution < 1.29 is 18.7 Å². The maximum atomic E-state index is 14.8. The molecule has 2 fully saturated rings. The van der Waals surface area contributed by atoms with Crippen LogP contribution in [0.25, 0.3) is 0 Å². The number of aromatic nitrogens is 1. The summed E-state index contributed by atoms with van der Waals surface area (Å²) in [6.07, 6.45) is 3.21. The highest BCUT2D eigenvalue weighted by molar-refractivity contribution is 7.13. The van der Waals surface area contributed by atoms with E-state index in [1.54, 1.807) is 22.5 Å². The Morgan fingerprint density at radius 3 is 2.73 bits per heavy atom. The topological polar surface area (TPSA) is 86.8 Å². The van der Waals surface area contributed by atoms with Crippen molar-refractivity contribution in [2.24, 2.45) is 5.92 Å². The average Bonchev–Trinajstić information content (AvgIpc) is 3.30. The molecule has 2 N–H and O–H groups in total. The first kappa shape index (κ1) is 23.4. The Morgan fingerprint density at radius 1 is 1.24 bits per heavy atom. The highest BCUT2D eigenvalue weighted by Gasteiger charge is 2.29. The number of hydrogen-bond acceptors (Lipinski definition) is 6. The molecule has 2 aromatic rings. The maximum Gasteiger partial charge on any atom is 0.317 e. The van der Waals surface area contributed by atoms with Crippen molar-refractivity contribution in [3.05, 3.63) is 41.2 Å². The number of morpholine rings is 1. The fourth-order valence-electron chi connectivity index (χ4n) is 4.45. The summed E-state index contributed by atoms with van der Waals surface area (Å²) in [5, 5.41) is 8.03. The molecule has 0 spiro atoms. The number of likely N-dealkylation sites (tertiary alicyclic amines) is 1. The molecule has 10 heteroatoms. The number of urea groups is 1. The van der Waals surface area contributed by atoms with Crippen LogP contribution in [-0.2, 0) is 16.1 Å². The number of benzene rings is 1. The molecule has 33 heavy (non-hydrogen) atoms. The average molecular weight is 476 g/mol. The van der Waals surface area contributed by atoms with Crippen molar-refractivity contribution in [3.63, 3.8) is 0 Å². The molecule has 0 bridgehead atoms. The lowest BCUT2D eigenvalue weighted by Gasteiger charge is -2.37. The van der Waals surface area contributed by atoms with Gasteiger partial charge in [0, 0.05) is 44.3 Å². The summed E-state index contributed by atoms with van der Waals surface area (Å²) < 4.78 is 20.5. The number of carbonyl (C=O) groups is 2. The first-order valence-corrected chi connectivity index (χ1v) is 12.2. The molecule has 3 unspecified atom stereocenters. The van der Waals surface area contributed by atoms with Crippen molar-refractivity contribution >= 4 is 34.1 Å². The van der Waals surface area contributed by atoms with Crippen LogP contribution in [-0.4, -0.2) is 60.2 Å². The van der Waals surface area contributed by atoms with Crippen LogP contribution in [0.5, 0.6) is 0 Å². The normalized spacial score (nSPS) is 23.3. The molecule has 3 heterocycles. The fourth-order valence-corrected chi connectivity index (χ4v) is 4.98. The molecule has 0 aliphatic carbocycles. The predicted octanol–water partition coefficient (Wildman–Crippen LogP) is 3.46. The van der Waals surface area contributed by atoms with Crippen LogP contribution >= 0.6 is 11.3 Å². The second kappa shape index (κ2) is 10.5. The predicted molar refractivity (Wildman–Crippen MR) is 126 cm³/mol. The molecule has 4 rings (SSSR count). The van der Waals surface area contributed by atoms with Gasteiger partial charge in [-0.05, 0) is 44.4 Å². The molecule has 2 saturated heterocycles. The quantitative estimate of drug-likeness (QED) is 0.692. The van der Waals surface area contributed by atoms with Gasteiger partial charge in [-0.2, -0.15) is 0 Å². The van der Waals surface area contributed by atoms with Crippen molar-refractivity contribution in [2.75, 3.05) is 36.4 Å². The SMILES string of the molecule is CC1CN(c2ccc(CNC(=O)N3CCCC(C(=O)Nc4nccs4)C3)cc2F)CC(C)O1. The second-order valence-electron chi connectivity index (χ2n) is 8.72. The minimum atomic E-state index is -0.306. The monoisotopic (exact) mass is 475 g/mol. The van der Waals surface area contributed by atoms with Crippen LogP contribution in [0.15, 0.2) is 29.8 Å². The summed E-state index contributed by atoms with van der Waals surface area (Å²) >= 11 is 1.36. The molecule has 0 saturated carbocycles. The van der Waals surface area contributed by atoms with E-state index < -0.39 is 0 Å². The molecular weight excluding hydrogens is 445 g/mol. The Kier molecular flexibility index (Phi) is 7.44. The van der Waals surface area contributed by atoms with Gasteiger partial charge >= 0.3 is 6.03 Å². The van der Waals surface area contributed by atoms with Crippen molar-refractivity contribution in [3.8, 4) is 0 Å². The van der Waals surface area contributed by atoms with Gasteiger partial charge in [-0.15, -0.1) is 11.3 Å². The van der Waals surface area contributed by atoms with Crippen LogP contribution in [0.2, 0.25) is 0 Å². The molecule has 3 atom stereocenters. The lowest BCUT2D eigenvalue weighted by atomic mass is 9.97. The highest BCUT2D eigenvalue weighted by atomic mass is 32.1. The van der Waals surface area contributed by atoms with E-state index in [0.717, 1.165) is 12.8 Å². The first-order valence-electron chi connectivity index (χ1n) is 11.3. The van der Waals surface area contributed by atoms with Gasteiger partial charge in [0.05, 0.1) is 23.8 Å². The van der Waals surface area contributed by atoms with E-state index in [1.165, 1.54) is 17.4 Å². The first-order chi connectivity index (χ1) is 15.9. The summed E-state index contributed by atoms with van der Waals surface area (Å²) in [7, 11) is 0. The Balaban J connectivity index is 1.30. The molecule has 1 aromatic heterocycles. The minimum absolute atomic E-state index is 0.0455. The summed E-state index contributed by atoms with van der Waals surface area (Å²) in [5.41, 5.74) is 1.24. The molecule has 1 aromatic carbocycles. The largest absolute Gasteiger partial charge is 0.372 e. The third kappa shape index (κ3) is 6.00. The number of hydrogen-bond donors (Lipinski definition) is 2. The lowest BCUT2D eigenvalue weighted by molar-refractivity contribution is -0.121. The zero-order chi connectivity index (χ0) is 23.4. The minimum Gasteiger partial charge on any atom is -0.372 e. The number of halogens is 1. The van der Waals surface area contributed by atoms with Gasteiger partial charge in [0.2, 0.25) is 5.91 Å². The molecule has 178 valence electrons. The van der Waals surface area contributed by atoms with Gasteiger partial charge in [0.25, 0.3) is 0 Å².